The van der Waals surface area contributed by atoms with Gasteiger partial charge in [0.05, 0.1) is 0 Å². The molecule has 1 saturated carbocycles. The van der Waals surface area contributed by atoms with Crippen molar-refractivity contribution in [2.24, 2.45) is 5.92 Å². The lowest BCUT2D eigenvalue weighted by molar-refractivity contribution is 0.466. The summed E-state index contributed by atoms with van der Waals surface area (Å²) in [6.07, 6.45) is 10.5. The van der Waals surface area contributed by atoms with Crippen LogP contribution in [0.4, 0.5) is 0 Å². The van der Waals surface area contributed by atoms with Crippen molar-refractivity contribution in [1.29, 1.82) is 0 Å². The number of rotatable bonds is 10. The first-order chi connectivity index (χ1) is 9.81. The third-order valence-corrected chi connectivity index (χ3v) is 4.87. The molecule has 0 bridgehead atoms. The van der Waals surface area contributed by atoms with Gasteiger partial charge in [-0.05, 0) is 62.6 Å². The Morgan fingerprint density at radius 2 is 1.80 bits per heavy atom. The van der Waals surface area contributed by atoms with Gasteiger partial charge >= 0.3 is 0 Å². The molecule has 0 saturated heterocycles. The monoisotopic (exact) mass is 291 g/mol. The lowest BCUT2D eigenvalue weighted by Crippen LogP contribution is -2.24. The number of unbranched alkanes of at least 4 members (excludes halogenated alkanes) is 3. The molecule has 112 valence electrons. The third-order valence-electron chi connectivity index (χ3n) is 4.17. The summed E-state index contributed by atoms with van der Waals surface area (Å²) in [7, 11) is 0. The van der Waals surface area contributed by atoms with E-state index in [9.17, 15) is 0 Å². The highest BCUT2D eigenvalue weighted by molar-refractivity contribution is 7.98. The van der Waals surface area contributed by atoms with Crippen molar-refractivity contribution in [3.05, 3.63) is 35.4 Å². The van der Waals surface area contributed by atoms with Crippen LogP contribution >= 0.6 is 11.8 Å². The molecule has 0 aliphatic heterocycles. The van der Waals surface area contributed by atoms with Crippen molar-refractivity contribution < 1.29 is 0 Å². The molecule has 1 aliphatic rings. The zero-order valence-corrected chi connectivity index (χ0v) is 13.8. The van der Waals surface area contributed by atoms with Crippen molar-refractivity contribution in [2.45, 2.75) is 51.5 Å². The van der Waals surface area contributed by atoms with Crippen LogP contribution in [0, 0.1) is 12.8 Å². The van der Waals surface area contributed by atoms with E-state index in [1.807, 2.05) is 11.8 Å². The van der Waals surface area contributed by atoms with Crippen LogP contribution in [0.1, 0.15) is 55.7 Å². The minimum atomic E-state index is 0.599. The first kappa shape index (κ1) is 15.9. The molecule has 1 aromatic rings. The first-order valence-corrected chi connectivity index (χ1v) is 9.49. The van der Waals surface area contributed by atoms with E-state index in [0.29, 0.717) is 6.04 Å². The van der Waals surface area contributed by atoms with Crippen LogP contribution in [0.5, 0.6) is 0 Å². The van der Waals surface area contributed by atoms with Gasteiger partial charge in [-0.3, -0.25) is 0 Å². The van der Waals surface area contributed by atoms with Gasteiger partial charge in [0.25, 0.3) is 0 Å². The summed E-state index contributed by atoms with van der Waals surface area (Å²) in [5.74, 6) is 2.20. The second-order valence-corrected chi connectivity index (χ2v) is 7.07. The molecule has 2 rings (SSSR count). The fraction of sp³-hybridized carbons (Fsp3) is 0.667. The fourth-order valence-corrected chi connectivity index (χ4v) is 3.24. The average Bonchev–Trinajstić information content (AvgIpc) is 3.28. The van der Waals surface area contributed by atoms with Gasteiger partial charge in [-0.2, -0.15) is 11.8 Å². The highest BCUT2D eigenvalue weighted by atomic mass is 32.2. The maximum absolute atomic E-state index is 3.80. The number of hydrogen-bond donors (Lipinski definition) is 1. The van der Waals surface area contributed by atoms with Gasteiger partial charge in [-0.1, -0.05) is 42.7 Å². The molecular formula is C18H29NS. The van der Waals surface area contributed by atoms with Crippen LogP contribution in [-0.4, -0.2) is 18.6 Å². The van der Waals surface area contributed by atoms with E-state index >= 15 is 0 Å². The number of aryl methyl sites for hydroxylation is 1. The number of nitrogens with one attached hydrogen (secondary N) is 1. The molecule has 0 spiro atoms. The van der Waals surface area contributed by atoms with Gasteiger partial charge < -0.3 is 5.32 Å². The largest absolute Gasteiger partial charge is 0.310 e. The van der Waals surface area contributed by atoms with E-state index in [1.165, 1.54) is 61.9 Å². The Hall–Kier alpha value is -0.470. The van der Waals surface area contributed by atoms with Crippen LogP contribution < -0.4 is 5.32 Å². The minimum absolute atomic E-state index is 0.599. The van der Waals surface area contributed by atoms with Gasteiger partial charge in [-0.25, -0.2) is 0 Å². The summed E-state index contributed by atoms with van der Waals surface area (Å²) in [4.78, 5) is 0. The maximum atomic E-state index is 3.80. The lowest BCUT2D eigenvalue weighted by atomic mass is 10.0. The molecule has 2 heteroatoms. The lowest BCUT2D eigenvalue weighted by Gasteiger charge is -2.19. The van der Waals surface area contributed by atoms with Crippen molar-refractivity contribution >= 4 is 11.8 Å². The van der Waals surface area contributed by atoms with Gasteiger partial charge in [0.1, 0.15) is 0 Å². The van der Waals surface area contributed by atoms with E-state index in [-0.39, 0.29) is 0 Å². The highest BCUT2D eigenvalue weighted by Gasteiger charge is 2.31. The molecule has 1 unspecified atom stereocenters. The molecule has 0 aromatic heterocycles. The predicted octanol–water partition coefficient (Wildman–Crippen LogP) is 4.96. The molecule has 1 aromatic carbocycles. The van der Waals surface area contributed by atoms with Gasteiger partial charge in [-0.15, -0.1) is 0 Å². The highest BCUT2D eigenvalue weighted by Crippen LogP contribution is 2.41. The molecule has 0 amide bonds. The summed E-state index contributed by atoms with van der Waals surface area (Å²) in [5, 5.41) is 3.80. The van der Waals surface area contributed by atoms with Crippen molar-refractivity contribution in [3.8, 4) is 0 Å². The molecule has 0 radical (unpaired) electrons. The Labute approximate surface area is 128 Å². The van der Waals surface area contributed by atoms with Crippen molar-refractivity contribution in [2.75, 3.05) is 18.6 Å². The molecule has 1 nitrogen and oxygen atoms in total. The maximum Gasteiger partial charge on any atom is 0.0348 e. The van der Waals surface area contributed by atoms with Crippen molar-refractivity contribution in [1.82, 2.24) is 5.32 Å². The fourth-order valence-electron chi connectivity index (χ4n) is 2.74. The zero-order chi connectivity index (χ0) is 14.2. The Morgan fingerprint density at radius 1 is 1.10 bits per heavy atom. The first-order valence-electron chi connectivity index (χ1n) is 8.10. The Morgan fingerprint density at radius 3 is 2.45 bits per heavy atom. The summed E-state index contributed by atoms with van der Waals surface area (Å²) in [6, 6.07) is 9.71. The normalized spacial score (nSPS) is 16.3. The molecule has 0 heterocycles. The summed E-state index contributed by atoms with van der Waals surface area (Å²) in [5.41, 5.74) is 2.84. The van der Waals surface area contributed by atoms with Gasteiger partial charge in [0.2, 0.25) is 0 Å². The number of hydrogen-bond acceptors (Lipinski definition) is 2. The zero-order valence-electron chi connectivity index (χ0n) is 13.0. The second kappa shape index (κ2) is 8.74. The van der Waals surface area contributed by atoms with E-state index < -0.39 is 0 Å². The van der Waals surface area contributed by atoms with E-state index in [0.717, 1.165) is 5.92 Å². The minimum Gasteiger partial charge on any atom is -0.310 e. The van der Waals surface area contributed by atoms with Gasteiger partial charge in [0, 0.05) is 6.04 Å². The SMILES string of the molecule is CSCCCCCCNC(c1ccc(C)cc1)C1CC1. The Kier molecular flexibility index (Phi) is 6.95. The van der Waals surface area contributed by atoms with Crippen LogP contribution in [0.25, 0.3) is 0 Å². The molecule has 1 fully saturated rings. The van der Waals surface area contributed by atoms with Crippen LogP contribution in [-0.2, 0) is 0 Å². The molecule has 1 N–H and O–H groups in total. The summed E-state index contributed by atoms with van der Waals surface area (Å²) < 4.78 is 0. The summed E-state index contributed by atoms with van der Waals surface area (Å²) >= 11 is 1.97. The van der Waals surface area contributed by atoms with E-state index in [1.54, 1.807) is 0 Å². The van der Waals surface area contributed by atoms with Crippen LogP contribution in [0.2, 0.25) is 0 Å². The van der Waals surface area contributed by atoms with E-state index in [2.05, 4.69) is 42.8 Å². The second-order valence-electron chi connectivity index (χ2n) is 6.09. The molecular weight excluding hydrogens is 262 g/mol. The topological polar surface area (TPSA) is 12.0 Å². The number of benzene rings is 1. The standard InChI is InChI=1S/C18H29NS/c1-15-7-9-16(10-8-15)18(17-11-12-17)19-13-5-3-4-6-14-20-2/h7-10,17-19H,3-6,11-14H2,1-2H3. The summed E-state index contributed by atoms with van der Waals surface area (Å²) in [6.45, 7) is 3.34. The van der Waals surface area contributed by atoms with Crippen LogP contribution in [0.15, 0.2) is 24.3 Å². The third kappa shape index (κ3) is 5.49. The quantitative estimate of drug-likeness (QED) is 0.612. The molecule has 20 heavy (non-hydrogen) atoms. The smallest absolute Gasteiger partial charge is 0.0348 e. The Bertz CT molecular complexity index is 370. The van der Waals surface area contributed by atoms with Crippen LogP contribution in [0.3, 0.4) is 0 Å². The Balaban J connectivity index is 1.69. The van der Waals surface area contributed by atoms with Crippen molar-refractivity contribution in [3.63, 3.8) is 0 Å². The van der Waals surface area contributed by atoms with Gasteiger partial charge in [0.15, 0.2) is 0 Å². The average molecular weight is 292 g/mol. The predicted molar refractivity (Wildman–Crippen MR) is 91.5 cm³/mol. The molecule has 1 aliphatic carbocycles. The molecule has 1 atom stereocenters. The van der Waals surface area contributed by atoms with E-state index in [4.69, 9.17) is 0 Å². The number of thioether (sulfide) groups is 1.